The Hall–Kier alpha value is -1.23. The van der Waals surface area contributed by atoms with E-state index in [0.717, 1.165) is 38.3 Å². The van der Waals surface area contributed by atoms with Gasteiger partial charge in [-0.1, -0.05) is 27.7 Å². The van der Waals surface area contributed by atoms with Crippen molar-refractivity contribution >= 4 is 5.78 Å². The number of piperidine rings is 1. The summed E-state index contributed by atoms with van der Waals surface area (Å²) in [5.74, 6) is 1.98. The van der Waals surface area contributed by atoms with Crippen molar-refractivity contribution in [1.82, 2.24) is 20.1 Å². The van der Waals surface area contributed by atoms with Crippen LogP contribution in [-0.2, 0) is 17.8 Å². The van der Waals surface area contributed by atoms with Crippen molar-refractivity contribution in [2.75, 3.05) is 13.1 Å². The monoisotopic (exact) mass is 292 g/mol. The van der Waals surface area contributed by atoms with Crippen molar-refractivity contribution in [3.05, 3.63) is 12.2 Å². The highest BCUT2D eigenvalue weighted by Crippen LogP contribution is 2.33. The number of rotatable bonds is 6. The van der Waals surface area contributed by atoms with Crippen LogP contribution in [0, 0.1) is 17.3 Å². The molecule has 0 radical (unpaired) electrons. The molecular formula is C16H28N4O. The molecule has 1 aromatic heterocycles. The number of carbonyl (C=O) groups is 1. The predicted molar refractivity (Wildman–Crippen MR) is 82.9 cm³/mol. The molecule has 1 saturated heterocycles. The molecule has 2 heterocycles. The molecule has 1 N–H and O–H groups in total. The molecule has 2 rings (SSSR count). The number of nitrogens with zero attached hydrogens (tertiary/aromatic N) is 3. The molecule has 1 aliphatic rings. The number of nitrogens with one attached hydrogen (secondary N) is 1. The molecule has 0 aliphatic carbocycles. The van der Waals surface area contributed by atoms with Crippen molar-refractivity contribution < 1.29 is 4.79 Å². The summed E-state index contributed by atoms with van der Waals surface area (Å²) in [5.41, 5.74) is -0.304. The molecular weight excluding hydrogens is 264 g/mol. The predicted octanol–water partition coefficient (Wildman–Crippen LogP) is 2.07. The number of carbonyl (C=O) groups excluding carboxylic acids is 1. The van der Waals surface area contributed by atoms with Crippen molar-refractivity contribution in [2.45, 2.75) is 53.5 Å². The Morgan fingerprint density at radius 3 is 2.90 bits per heavy atom. The van der Waals surface area contributed by atoms with Gasteiger partial charge in [-0.2, -0.15) is 5.10 Å². The molecule has 0 aromatic carbocycles. The normalized spacial score (nSPS) is 20.0. The van der Waals surface area contributed by atoms with Gasteiger partial charge >= 0.3 is 0 Å². The first-order chi connectivity index (χ1) is 9.91. The van der Waals surface area contributed by atoms with Crippen LogP contribution in [0.4, 0.5) is 0 Å². The molecule has 1 atom stereocenters. The molecule has 1 aliphatic heterocycles. The van der Waals surface area contributed by atoms with Crippen molar-refractivity contribution in [3.63, 3.8) is 0 Å². The van der Waals surface area contributed by atoms with Gasteiger partial charge in [0.1, 0.15) is 17.9 Å². The summed E-state index contributed by atoms with van der Waals surface area (Å²) >= 11 is 0. The third-order valence-electron chi connectivity index (χ3n) is 4.59. The molecule has 0 amide bonds. The maximum absolute atomic E-state index is 12.8. The molecule has 1 aromatic rings. The first-order valence-electron chi connectivity index (χ1n) is 8.02. The zero-order valence-electron chi connectivity index (χ0n) is 13.7. The van der Waals surface area contributed by atoms with Crippen LogP contribution < -0.4 is 5.32 Å². The Bertz CT molecular complexity index is 472. The van der Waals surface area contributed by atoms with Crippen LogP contribution in [0.1, 0.15) is 46.4 Å². The standard InChI is InChI=1S/C16H28N4O/c1-12(2)10-20-15(18-11-19-20)8-14(21)16(3,4)13-6-5-7-17-9-13/h11-13,17H,5-10H2,1-4H3. The van der Waals surface area contributed by atoms with E-state index in [1.54, 1.807) is 6.33 Å². The number of aromatic nitrogens is 3. The minimum Gasteiger partial charge on any atom is -0.316 e. The first kappa shape index (κ1) is 16.1. The summed E-state index contributed by atoms with van der Waals surface area (Å²) in [5, 5.41) is 7.65. The van der Waals surface area contributed by atoms with Crippen LogP contribution >= 0.6 is 0 Å². The Morgan fingerprint density at radius 1 is 1.52 bits per heavy atom. The lowest BCUT2D eigenvalue weighted by molar-refractivity contribution is -0.129. The molecule has 21 heavy (non-hydrogen) atoms. The van der Waals surface area contributed by atoms with Gasteiger partial charge in [-0.05, 0) is 37.8 Å². The second-order valence-electron chi connectivity index (χ2n) is 7.12. The van der Waals surface area contributed by atoms with Crippen LogP contribution in [0.15, 0.2) is 6.33 Å². The Morgan fingerprint density at radius 2 is 2.29 bits per heavy atom. The van der Waals surface area contributed by atoms with Crippen LogP contribution in [0.3, 0.4) is 0 Å². The lowest BCUT2D eigenvalue weighted by atomic mass is 9.71. The molecule has 0 saturated carbocycles. The van der Waals surface area contributed by atoms with Gasteiger partial charge in [-0.15, -0.1) is 0 Å². The zero-order chi connectivity index (χ0) is 15.5. The van der Waals surface area contributed by atoms with E-state index >= 15 is 0 Å². The summed E-state index contributed by atoms with van der Waals surface area (Å²) in [6, 6.07) is 0. The van der Waals surface area contributed by atoms with E-state index in [4.69, 9.17) is 0 Å². The highest BCUT2D eigenvalue weighted by Gasteiger charge is 2.37. The summed E-state index contributed by atoms with van der Waals surface area (Å²) in [7, 11) is 0. The SMILES string of the molecule is CC(C)Cn1ncnc1CC(=O)C(C)(C)C1CCCNC1. The van der Waals surface area contributed by atoms with Gasteiger partial charge < -0.3 is 5.32 Å². The van der Waals surface area contributed by atoms with Crippen molar-refractivity contribution in [3.8, 4) is 0 Å². The lowest BCUT2D eigenvalue weighted by Crippen LogP contribution is -2.43. The molecule has 118 valence electrons. The third-order valence-corrected chi connectivity index (χ3v) is 4.59. The van der Waals surface area contributed by atoms with Crippen LogP contribution in [-0.4, -0.2) is 33.6 Å². The van der Waals surface area contributed by atoms with Gasteiger partial charge in [-0.3, -0.25) is 4.79 Å². The second-order valence-corrected chi connectivity index (χ2v) is 7.12. The van der Waals surface area contributed by atoms with Crippen LogP contribution in [0.25, 0.3) is 0 Å². The van der Waals surface area contributed by atoms with E-state index in [2.05, 4.69) is 43.1 Å². The molecule has 1 fully saturated rings. The van der Waals surface area contributed by atoms with Gasteiger partial charge in [0.05, 0.1) is 6.42 Å². The summed E-state index contributed by atoms with van der Waals surface area (Å²) in [6.07, 6.45) is 4.23. The highest BCUT2D eigenvalue weighted by molar-refractivity contribution is 5.85. The van der Waals surface area contributed by atoms with Gasteiger partial charge in [0.15, 0.2) is 0 Å². The average Bonchev–Trinajstić information content (AvgIpc) is 2.86. The van der Waals surface area contributed by atoms with Crippen molar-refractivity contribution in [2.24, 2.45) is 17.3 Å². The lowest BCUT2D eigenvalue weighted by Gasteiger charge is -2.36. The Labute approximate surface area is 127 Å². The topological polar surface area (TPSA) is 59.8 Å². The average molecular weight is 292 g/mol. The quantitative estimate of drug-likeness (QED) is 0.872. The minimum atomic E-state index is -0.304. The maximum atomic E-state index is 12.8. The van der Waals surface area contributed by atoms with Gasteiger partial charge in [0, 0.05) is 12.0 Å². The summed E-state index contributed by atoms with van der Waals surface area (Å²) < 4.78 is 1.87. The van der Waals surface area contributed by atoms with E-state index in [1.165, 1.54) is 0 Å². The fourth-order valence-electron chi connectivity index (χ4n) is 2.99. The fraction of sp³-hybridized carbons (Fsp3) is 0.812. The molecule has 0 spiro atoms. The summed E-state index contributed by atoms with van der Waals surface area (Å²) in [4.78, 5) is 17.0. The van der Waals surface area contributed by atoms with E-state index in [1.807, 2.05) is 4.68 Å². The van der Waals surface area contributed by atoms with Gasteiger partial charge in [-0.25, -0.2) is 9.67 Å². The van der Waals surface area contributed by atoms with Crippen LogP contribution in [0.2, 0.25) is 0 Å². The molecule has 5 heteroatoms. The van der Waals surface area contributed by atoms with Crippen LogP contribution in [0.5, 0.6) is 0 Å². The van der Waals surface area contributed by atoms with E-state index in [9.17, 15) is 4.79 Å². The Balaban J connectivity index is 2.04. The Kier molecular flexibility index (Phi) is 5.14. The van der Waals surface area contributed by atoms with Crippen molar-refractivity contribution in [1.29, 1.82) is 0 Å². The van der Waals surface area contributed by atoms with Gasteiger partial charge in [0.2, 0.25) is 0 Å². The largest absolute Gasteiger partial charge is 0.316 e. The first-order valence-corrected chi connectivity index (χ1v) is 8.02. The zero-order valence-corrected chi connectivity index (χ0v) is 13.7. The van der Waals surface area contributed by atoms with Gasteiger partial charge in [0.25, 0.3) is 0 Å². The third kappa shape index (κ3) is 3.90. The smallest absolute Gasteiger partial charge is 0.146 e. The molecule has 0 bridgehead atoms. The number of hydrogen-bond donors (Lipinski definition) is 1. The minimum absolute atomic E-state index is 0.272. The number of Topliss-reactive ketones (excluding diaryl/α,β-unsaturated/α-hetero) is 1. The molecule has 1 unspecified atom stereocenters. The number of ketones is 1. The molecule has 5 nitrogen and oxygen atoms in total. The van der Waals surface area contributed by atoms with E-state index < -0.39 is 0 Å². The summed E-state index contributed by atoms with van der Waals surface area (Å²) in [6.45, 7) is 11.3. The van der Waals surface area contributed by atoms with E-state index in [0.29, 0.717) is 18.3 Å². The maximum Gasteiger partial charge on any atom is 0.146 e. The fourth-order valence-corrected chi connectivity index (χ4v) is 2.99. The second kappa shape index (κ2) is 6.69. The van der Waals surface area contributed by atoms with E-state index in [-0.39, 0.29) is 11.2 Å². The highest BCUT2D eigenvalue weighted by atomic mass is 16.1. The number of hydrogen-bond acceptors (Lipinski definition) is 4.